The smallest absolute Gasteiger partial charge is 0.0399 e. The molecule has 0 bridgehead atoms. The van der Waals surface area contributed by atoms with Crippen molar-refractivity contribution < 1.29 is 0 Å². The van der Waals surface area contributed by atoms with Crippen molar-refractivity contribution in [3.8, 4) is 0 Å². The Hall–Kier alpha value is -1.06. The van der Waals surface area contributed by atoms with E-state index in [1.165, 1.54) is 49.3 Å². The Kier molecular flexibility index (Phi) is 4.23. The van der Waals surface area contributed by atoms with E-state index in [2.05, 4.69) is 54.1 Å². The van der Waals surface area contributed by atoms with Crippen LogP contribution in [0.2, 0.25) is 0 Å². The molecule has 1 aromatic rings. The molecule has 21 heavy (non-hydrogen) atoms. The lowest BCUT2D eigenvalue weighted by molar-refractivity contribution is 0.108. The van der Waals surface area contributed by atoms with Crippen LogP contribution in [0, 0.1) is 6.92 Å². The summed E-state index contributed by atoms with van der Waals surface area (Å²) in [4.78, 5) is 5.26. The van der Waals surface area contributed by atoms with Crippen LogP contribution >= 0.6 is 0 Å². The van der Waals surface area contributed by atoms with E-state index >= 15 is 0 Å². The van der Waals surface area contributed by atoms with Crippen molar-refractivity contribution in [1.82, 2.24) is 10.2 Å². The highest BCUT2D eigenvalue weighted by Gasteiger charge is 2.31. The average molecular weight is 287 g/mol. The van der Waals surface area contributed by atoms with Gasteiger partial charge in [0.25, 0.3) is 0 Å². The van der Waals surface area contributed by atoms with Gasteiger partial charge in [-0.3, -0.25) is 4.90 Å². The number of piperazine rings is 1. The summed E-state index contributed by atoms with van der Waals surface area (Å²) in [5.41, 5.74) is 4.63. The van der Waals surface area contributed by atoms with Crippen LogP contribution in [0.3, 0.4) is 0 Å². The zero-order valence-electron chi connectivity index (χ0n) is 13.8. The van der Waals surface area contributed by atoms with Gasteiger partial charge in [0.1, 0.15) is 0 Å². The fourth-order valence-corrected chi connectivity index (χ4v) is 3.81. The van der Waals surface area contributed by atoms with E-state index in [0.29, 0.717) is 0 Å². The van der Waals surface area contributed by atoms with Crippen LogP contribution in [-0.2, 0) is 6.42 Å². The SMILES string of the molecule is Cc1ccc2c(c1)CCCN2CC(C)(C)N1CCNCC1. The molecule has 0 radical (unpaired) electrons. The lowest BCUT2D eigenvalue weighted by Gasteiger charge is -2.45. The first-order chi connectivity index (χ1) is 10.1. The van der Waals surface area contributed by atoms with Gasteiger partial charge in [-0.25, -0.2) is 0 Å². The van der Waals surface area contributed by atoms with Crippen molar-refractivity contribution in [2.24, 2.45) is 0 Å². The molecule has 0 spiro atoms. The largest absolute Gasteiger partial charge is 0.369 e. The molecule has 2 aliphatic rings. The molecule has 3 rings (SSSR count). The third-order valence-electron chi connectivity index (χ3n) is 5.00. The van der Waals surface area contributed by atoms with Gasteiger partial charge in [0.2, 0.25) is 0 Å². The van der Waals surface area contributed by atoms with Gasteiger partial charge in [0.05, 0.1) is 0 Å². The molecule has 1 fully saturated rings. The van der Waals surface area contributed by atoms with E-state index < -0.39 is 0 Å². The van der Waals surface area contributed by atoms with Crippen molar-refractivity contribution in [2.45, 2.75) is 39.2 Å². The normalized spacial score (nSPS) is 20.4. The summed E-state index contributed by atoms with van der Waals surface area (Å²) in [7, 11) is 0. The van der Waals surface area contributed by atoms with Gasteiger partial charge in [0, 0.05) is 50.5 Å². The zero-order chi connectivity index (χ0) is 14.9. The number of nitrogens with zero attached hydrogens (tertiary/aromatic N) is 2. The number of fused-ring (bicyclic) bond motifs is 1. The number of hydrogen-bond acceptors (Lipinski definition) is 3. The van der Waals surface area contributed by atoms with Crippen LogP contribution in [0.4, 0.5) is 5.69 Å². The highest BCUT2D eigenvalue weighted by molar-refractivity contribution is 5.57. The van der Waals surface area contributed by atoms with Crippen LogP contribution in [0.25, 0.3) is 0 Å². The molecule has 0 amide bonds. The van der Waals surface area contributed by atoms with Gasteiger partial charge in [-0.1, -0.05) is 17.7 Å². The second-order valence-corrected chi connectivity index (χ2v) is 7.21. The lowest BCUT2D eigenvalue weighted by atomic mass is 9.95. The molecule has 0 saturated carbocycles. The first-order valence-corrected chi connectivity index (χ1v) is 8.36. The Labute approximate surface area is 129 Å². The second-order valence-electron chi connectivity index (χ2n) is 7.21. The van der Waals surface area contributed by atoms with Crippen molar-refractivity contribution in [3.05, 3.63) is 29.3 Å². The second kappa shape index (κ2) is 5.98. The Balaban J connectivity index is 1.76. The van der Waals surface area contributed by atoms with Gasteiger partial charge in [-0.2, -0.15) is 0 Å². The Morgan fingerprint density at radius 3 is 2.67 bits per heavy atom. The number of hydrogen-bond donors (Lipinski definition) is 1. The number of rotatable bonds is 3. The molecule has 1 N–H and O–H groups in total. The molecule has 3 nitrogen and oxygen atoms in total. The van der Waals surface area contributed by atoms with Crippen molar-refractivity contribution in [2.75, 3.05) is 44.2 Å². The van der Waals surface area contributed by atoms with E-state index in [1.54, 1.807) is 0 Å². The predicted molar refractivity (Wildman–Crippen MR) is 90.2 cm³/mol. The van der Waals surface area contributed by atoms with Crippen molar-refractivity contribution >= 4 is 5.69 Å². The van der Waals surface area contributed by atoms with E-state index in [4.69, 9.17) is 0 Å². The van der Waals surface area contributed by atoms with E-state index in [-0.39, 0.29) is 5.54 Å². The summed E-state index contributed by atoms with van der Waals surface area (Å²) in [5.74, 6) is 0. The monoisotopic (exact) mass is 287 g/mol. The molecule has 0 atom stereocenters. The van der Waals surface area contributed by atoms with E-state index in [9.17, 15) is 0 Å². The first kappa shape index (κ1) is 14.9. The fourth-order valence-electron chi connectivity index (χ4n) is 3.81. The summed E-state index contributed by atoms with van der Waals surface area (Å²) >= 11 is 0. The van der Waals surface area contributed by atoms with Gasteiger partial charge in [0.15, 0.2) is 0 Å². The number of aryl methyl sites for hydroxylation is 2. The highest BCUT2D eigenvalue weighted by atomic mass is 15.3. The van der Waals surface area contributed by atoms with Crippen molar-refractivity contribution in [3.63, 3.8) is 0 Å². The maximum absolute atomic E-state index is 3.46. The molecule has 1 aromatic carbocycles. The van der Waals surface area contributed by atoms with E-state index in [1.807, 2.05) is 0 Å². The summed E-state index contributed by atoms with van der Waals surface area (Å²) in [6.07, 6.45) is 2.52. The van der Waals surface area contributed by atoms with Crippen LogP contribution in [0.15, 0.2) is 18.2 Å². The molecule has 0 aromatic heterocycles. The average Bonchev–Trinajstić information content (AvgIpc) is 2.48. The Bertz CT molecular complexity index is 489. The van der Waals surface area contributed by atoms with Crippen LogP contribution in [0.1, 0.15) is 31.4 Å². The lowest BCUT2D eigenvalue weighted by Crippen LogP contribution is -2.58. The molecule has 0 unspecified atom stereocenters. The Morgan fingerprint density at radius 1 is 1.14 bits per heavy atom. The van der Waals surface area contributed by atoms with Gasteiger partial charge < -0.3 is 10.2 Å². The molecule has 0 aliphatic carbocycles. The molecule has 2 aliphatic heterocycles. The molecule has 1 saturated heterocycles. The number of benzene rings is 1. The number of nitrogens with one attached hydrogen (secondary N) is 1. The van der Waals surface area contributed by atoms with E-state index in [0.717, 1.165) is 19.6 Å². The molecule has 116 valence electrons. The Morgan fingerprint density at radius 2 is 1.90 bits per heavy atom. The third-order valence-corrected chi connectivity index (χ3v) is 5.00. The minimum absolute atomic E-state index is 0.238. The third kappa shape index (κ3) is 3.24. The topological polar surface area (TPSA) is 18.5 Å². The summed E-state index contributed by atoms with van der Waals surface area (Å²) < 4.78 is 0. The summed E-state index contributed by atoms with van der Waals surface area (Å²) in [6, 6.07) is 6.96. The van der Waals surface area contributed by atoms with Crippen LogP contribution < -0.4 is 10.2 Å². The first-order valence-electron chi connectivity index (χ1n) is 8.36. The van der Waals surface area contributed by atoms with Crippen LogP contribution in [0.5, 0.6) is 0 Å². The zero-order valence-corrected chi connectivity index (χ0v) is 13.8. The summed E-state index contributed by atoms with van der Waals surface area (Å²) in [5, 5.41) is 3.46. The van der Waals surface area contributed by atoms with Gasteiger partial charge in [-0.05, 0) is 45.2 Å². The predicted octanol–water partition coefficient (Wildman–Crippen LogP) is 2.43. The minimum Gasteiger partial charge on any atom is -0.369 e. The van der Waals surface area contributed by atoms with Crippen LogP contribution in [-0.4, -0.2) is 49.7 Å². The highest BCUT2D eigenvalue weighted by Crippen LogP contribution is 2.30. The molecule has 2 heterocycles. The van der Waals surface area contributed by atoms with Gasteiger partial charge in [-0.15, -0.1) is 0 Å². The maximum atomic E-state index is 3.46. The van der Waals surface area contributed by atoms with Gasteiger partial charge >= 0.3 is 0 Å². The molecular formula is C18H29N3. The minimum atomic E-state index is 0.238. The quantitative estimate of drug-likeness (QED) is 0.921. The summed E-state index contributed by atoms with van der Waals surface area (Å²) in [6.45, 7) is 13.9. The molecule has 3 heteroatoms. The molecular weight excluding hydrogens is 258 g/mol. The maximum Gasteiger partial charge on any atom is 0.0399 e. The fraction of sp³-hybridized carbons (Fsp3) is 0.667. The van der Waals surface area contributed by atoms with Crippen molar-refractivity contribution in [1.29, 1.82) is 0 Å². The standard InChI is InChI=1S/C18H29N3/c1-15-6-7-17-16(13-15)5-4-10-20(17)14-18(2,3)21-11-8-19-9-12-21/h6-7,13,19H,4-5,8-12,14H2,1-3H3. The number of anilines is 1.